The zero-order valence-electron chi connectivity index (χ0n) is 10.4. The summed E-state index contributed by atoms with van der Waals surface area (Å²) in [4.78, 5) is 10.5. The van der Waals surface area contributed by atoms with Gasteiger partial charge in [0.15, 0.2) is 5.75 Å². The van der Waals surface area contributed by atoms with E-state index in [1.807, 2.05) is 6.92 Å². The lowest BCUT2D eigenvalue weighted by Crippen LogP contribution is -2.12. The molecule has 6 nitrogen and oxygen atoms in total. The smallest absolute Gasteiger partial charge is 0.311 e. The number of benzene rings is 1. The Hall–Kier alpha value is -1.66. The summed E-state index contributed by atoms with van der Waals surface area (Å²) in [5.74, 6) is 0.244. The molecule has 0 aliphatic heterocycles. The van der Waals surface area contributed by atoms with Crippen LogP contribution in [0, 0.1) is 10.1 Å². The fraction of sp³-hybridized carbons (Fsp3) is 0.500. The summed E-state index contributed by atoms with van der Waals surface area (Å²) in [6, 6.07) is 4.91. The summed E-state index contributed by atoms with van der Waals surface area (Å²) in [5.41, 5.74) is 0.807. The highest BCUT2D eigenvalue weighted by Gasteiger charge is 2.15. The van der Waals surface area contributed by atoms with Crippen molar-refractivity contribution >= 4 is 5.69 Å². The van der Waals surface area contributed by atoms with Crippen LogP contribution in [0.15, 0.2) is 18.2 Å². The van der Waals surface area contributed by atoms with Crippen molar-refractivity contribution in [2.75, 3.05) is 19.8 Å². The van der Waals surface area contributed by atoms with Gasteiger partial charge in [0, 0.05) is 25.6 Å². The Kier molecular flexibility index (Phi) is 6.10. The van der Waals surface area contributed by atoms with Crippen molar-refractivity contribution in [3.05, 3.63) is 33.9 Å². The van der Waals surface area contributed by atoms with E-state index in [1.54, 1.807) is 12.1 Å². The van der Waals surface area contributed by atoms with E-state index in [2.05, 4.69) is 5.32 Å². The van der Waals surface area contributed by atoms with Gasteiger partial charge in [-0.1, -0.05) is 13.0 Å². The molecule has 0 amide bonds. The minimum absolute atomic E-state index is 0.00625. The molecule has 0 saturated carbocycles. The predicted molar refractivity (Wildman–Crippen MR) is 67.7 cm³/mol. The van der Waals surface area contributed by atoms with Crippen LogP contribution in [0.25, 0.3) is 0 Å². The highest BCUT2D eigenvalue weighted by Crippen LogP contribution is 2.28. The van der Waals surface area contributed by atoms with Gasteiger partial charge in [0.1, 0.15) is 0 Å². The lowest BCUT2D eigenvalue weighted by molar-refractivity contribution is -0.385. The Morgan fingerprint density at radius 1 is 1.50 bits per heavy atom. The molecule has 0 atom stereocenters. The third-order valence-electron chi connectivity index (χ3n) is 2.36. The molecule has 1 aromatic carbocycles. The second kappa shape index (κ2) is 7.62. The highest BCUT2D eigenvalue weighted by molar-refractivity contribution is 5.48. The summed E-state index contributed by atoms with van der Waals surface area (Å²) in [5, 5.41) is 22.7. The standard InChI is InChI=1S/C12H18N2O4/c1-2-13-9-10-4-5-12(18-7-3-6-15)11(8-10)14(16)17/h4-5,8,13,15H,2-3,6-7,9H2,1H3. The van der Waals surface area contributed by atoms with Crippen molar-refractivity contribution in [3.63, 3.8) is 0 Å². The van der Waals surface area contributed by atoms with Crippen LogP contribution in [-0.4, -0.2) is 29.8 Å². The maximum Gasteiger partial charge on any atom is 0.311 e. The number of nitro benzene ring substituents is 1. The van der Waals surface area contributed by atoms with Crippen molar-refractivity contribution in [2.45, 2.75) is 19.9 Å². The molecule has 0 aliphatic carbocycles. The summed E-state index contributed by atoms with van der Waals surface area (Å²) in [6.07, 6.45) is 0.455. The van der Waals surface area contributed by atoms with Gasteiger partial charge in [-0.15, -0.1) is 0 Å². The van der Waals surface area contributed by atoms with Crippen LogP contribution in [-0.2, 0) is 6.54 Å². The number of nitro groups is 1. The molecule has 18 heavy (non-hydrogen) atoms. The highest BCUT2D eigenvalue weighted by atomic mass is 16.6. The van der Waals surface area contributed by atoms with Crippen LogP contribution < -0.4 is 10.1 Å². The SMILES string of the molecule is CCNCc1ccc(OCCCO)c([N+](=O)[O-])c1. The first-order valence-corrected chi connectivity index (χ1v) is 5.90. The van der Waals surface area contributed by atoms with Crippen molar-refractivity contribution < 1.29 is 14.8 Å². The van der Waals surface area contributed by atoms with Crippen LogP contribution in [0.3, 0.4) is 0 Å². The maximum absolute atomic E-state index is 10.9. The van der Waals surface area contributed by atoms with Gasteiger partial charge in [-0.05, 0) is 18.2 Å². The van der Waals surface area contributed by atoms with Crippen molar-refractivity contribution in [3.8, 4) is 5.75 Å². The first-order chi connectivity index (χ1) is 8.69. The molecule has 0 spiro atoms. The Bertz CT molecular complexity index is 396. The zero-order valence-corrected chi connectivity index (χ0v) is 10.4. The minimum atomic E-state index is -0.455. The summed E-state index contributed by atoms with van der Waals surface area (Å²) in [6.45, 7) is 3.65. The molecule has 100 valence electrons. The molecular weight excluding hydrogens is 236 g/mol. The van der Waals surface area contributed by atoms with Crippen LogP contribution in [0.2, 0.25) is 0 Å². The second-order valence-corrected chi connectivity index (χ2v) is 3.77. The van der Waals surface area contributed by atoms with Crippen LogP contribution in [0.4, 0.5) is 5.69 Å². The average molecular weight is 254 g/mol. The van der Waals surface area contributed by atoms with Crippen molar-refractivity contribution in [1.29, 1.82) is 0 Å². The molecule has 1 aromatic rings. The zero-order chi connectivity index (χ0) is 13.4. The first kappa shape index (κ1) is 14.4. The van der Waals surface area contributed by atoms with Gasteiger partial charge in [0.05, 0.1) is 11.5 Å². The fourth-order valence-electron chi connectivity index (χ4n) is 1.45. The fourth-order valence-corrected chi connectivity index (χ4v) is 1.45. The van der Waals surface area contributed by atoms with E-state index in [1.165, 1.54) is 6.07 Å². The van der Waals surface area contributed by atoms with E-state index in [-0.39, 0.29) is 24.7 Å². The van der Waals surface area contributed by atoms with Crippen molar-refractivity contribution in [2.24, 2.45) is 0 Å². The van der Waals surface area contributed by atoms with Gasteiger partial charge < -0.3 is 15.2 Å². The summed E-state index contributed by atoms with van der Waals surface area (Å²) >= 11 is 0. The van der Waals surface area contributed by atoms with E-state index in [4.69, 9.17) is 9.84 Å². The molecular formula is C12H18N2O4. The first-order valence-electron chi connectivity index (χ1n) is 5.90. The topological polar surface area (TPSA) is 84.6 Å². The number of hydrogen-bond donors (Lipinski definition) is 2. The number of aliphatic hydroxyl groups excluding tert-OH is 1. The number of aliphatic hydroxyl groups is 1. The third-order valence-corrected chi connectivity index (χ3v) is 2.36. The number of hydrogen-bond acceptors (Lipinski definition) is 5. The Balaban J connectivity index is 2.80. The largest absolute Gasteiger partial charge is 0.487 e. The van der Waals surface area contributed by atoms with Gasteiger partial charge in [-0.25, -0.2) is 0 Å². The van der Waals surface area contributed by atoms with E-state index >= 15 is 0 Å². The molecule has 0 bridgehead atoms. The van der Waals surface area contributed by atoms with E-state index in [9.17, 15) is 10.1 Å². The molecule has 0 saturated heterocycles. The Morgan fingerprint density at radius 3 is 2.89 bits per heavy atom. The van der Waals surface area contributed by atoms with E-state index < -0.39 is 4.92 Å². The third kappa shape index (κ3) is 4.31. The molecule has 6 heteroatoms. The monoisotopic (exact) mass is 254 g/mol. The van der Waals surface area contributed by atoms with Gasteiger partial charge in [0.25, 0.3) is 0 Å². The normalized spacial score (nSPS) is 10.3. The molecule has 1 rings (SSSR count). The number of nitrogens with one attached hydrogen (secondary N) is 1. The Labute approximate surface area is 106 Å². The number of ether oxygens (including phenoxy) is 1. The van der Waals surface area contributed by atoms with Gasteiger partial charge >= 0.3 is 5.69 Å². The van der Waals surface area contributed by atoms with Gasteiger partial charge in [-0.3, -0.25) is 10.1 Å². The average Bonchev–Trinajstić information content (AvgIpc) is 2.37. The summed E-state index contributed by atoms with van der Waals surface area (Å²) < 4.78 is 5.28. The molecule has 0 fully saturated rings. The molecule has 0 heterocycles. The molecule has 0 aliphatic rings. The lowest BCUT2D eigenvalue weighted by Gasteiger charge is -2.08. The lowest BCUT2D eigenvalue weighted by atomic mass is 10.2. The molecule has 0 unspecified atom stereocenters. The minimum Gasteiger partial charge on any atom is -0.487 e. The van der Waals surface area contributed by atoms with E-state index in [0.29, 0.717) is 13.0 Å². The van der Waals surface area contributed by atoms with Crippen molar-refractivity contribution in [1.82, 2.24) is 5.32 Å². The number of rotatable bonds is 8. The predicted octanol–water partition coefficient (Wildman–Crippen LogP) is 1.47. The number of nitrogens with zero attached hydrogens (tertiary/aromatic N) is 1. The van der Waals surface area contributed by atoms with Crippen LogP contribution in [0.1, 0.15) is 18.9 Å². The summed E-state index contributed by atoms with van der Waals surface area (Å²) in [7, 11) is 0. The second-order valence-electron chi connectivity index (χ2n) is 3.77. The Morgan fingerprint density at radius 2 is 2.28 bits per heavy atom. The maximum atomic E-state index is 10.9. The van der Waals surface area contributed by atoms with Crippen LogP contribution in [0.5, 0.6) is 5.75 Å². The quantitative estimate of drug-likeness (QED) is 0.417. The van der Waals surface area contributed by atoms with E-state index in [0.717, 1.165) is 12.1 Å². The molecule has 0 radical (unpaired) electrons. The molecule has 0 aromatic heterocycles. The van der Waals surface area contributed by atoms with Crippen LogP contribution >= 0.6 is 0 Å². The van der Waals surface area contributed by atoms with Gasteiger partial charge in [-0.2, -0.15) is 0 Å². The molecule has 2 N–H and O–H groups in total. The van der Waals surface area contributed by atoms with Gasteiger partial charge in [0.2, 0.25) is 0 Å².